The van der Waals surface area contributed by atoms with Crippen LogP contribution in [0.2, 0.25) is 0 Å². The lowest BCUT2D eigenvalue weighted by molar-refractivity contribution is -0.225. The highest BCUT2D eigenvalue weighted by molar-refractivity contribution is 5.15. The molecule has 4 aliphatic carbocycles. The van der Waals surface area contributed by atoms with Crippen molar-refractivity contribution < 1.29 is 0 Å². The van der Waals surface area contributed by atoms with Gasteiger partial charge in [-0.15, -0.1) is 0 Å². The van der Waals surface area contributed by atoms with E-state index in [9.17, 15) is 0 Å². The zero-order chi connectivity index (χ0) is 10.9. The second kappa shape index (κ2) is 2.63. The Bertz CT molecular complexity index is 278. The minimum atomic E-state index is 0.688. The van der Waals surface area contributed by atoms with Gasteiger partial charge in [-0.05, 0) is 60.2 Å². The van der Waals surface area contributed by atoms with Crippen molar-refractivity contribution in [3.8, 4) is 0 Å². The molecule has 2 bridgehead atoms. The zero-order valence-electron chi connectivity index (χ0n) is 10.9. The molecule has 0 radical (unpaired) electrons. The first-order valence-electron chi connectivity index (χ1n) is 6.92. The van der Waals surface area contributed by atoms with Crippen LogP contribution in [0, 0.1) is 28.1 Å². The average Bonchev–Trinajstić information content (AvgIpc) is 2.15. The van der Waals surface area contributed by atoms with Gasteiger partial charge in [0, 0.05) is 0 Å². The van der Waals surface area contributed by atoms with Crippen LogP contribution in [0.1, 0.15) is 66.2 Å². The van der Waals surface area contributed by atoms with Crippen molar-refractivity contribution in [2.75, 3.05) is 0 Å². The minimum Gasteiger partial charge on any atom is -0.0649 e. The molecule has 86 valence electrons. The summed E-state index contributed by atoms with van der Waals surface area (Å²) in [5.41, 5.74) is 2.19. The van der Waals surface area contributed by atoms with Crippen LogP contribution in [0.5, 0.6) is 0 Å². The predicted octanol–water partition coefficient (Wildman–Crippen LogP) is 4.64. The summed E-state index contributed by atoms with van der Waals surface area (Å²) >= 11 is 0. The first-order valence-corrected chi connectivity index (χ1v) is 6.92. The van der Waals surface area contributed by atoms with Crippen molar-refractivity contribution in [1.29, 1.82) is 0 Å². The lowest BCUT2D eigenvalue weighted by Gasteiger charge is -2.72. The lowest BCUT2D eigenvalue weighted by atomic mass is 9.33. The van der Waals surface area contributed by atoms with Crippen LogP contribution in [0.4, 0.5) is 0 Å². The highest BCUT2D eigenvalue weighted by atomic mass is 14.7. The number of hydrogen-bond donors (Lipinski definition) is 0. The third-order valence-corrected chi connectivity index (χ3v) is 6.61. The molecular weight excluding hydrogens is 180 g/mol. The molecule has 0 N–H and O–H groups in total. The van der Waals surface area contributed by atoms with E-state index in [0.717, 1.165) is 17.3 Å². The molecule has 15 heavy (non-hydrogen) atoms. The Morgan fingerprint density at radius 3 is 2.27 bits per heavy atom. The maximum Gasteiger partial charge on any atom is -0.0253 e. The van der Waals surface area contributed by atoms with E-state index >= 15 is 0 Å². The van der Waals surface area contributed by atoms with E-state index in [1.165, 1.54) is 25.7 Å². The SMILES string of the molecule is CCC1(C)CC2(CCC3CC2C3(C)C)C1. The van der Waals surface area contributed by atoms with Crippen molar-refractivity contribution in [2.45, 2.75) is 66.2 Å². The highest BCUT2D eigenvalue weighted by Crippen LogP contribution is 2.75. The van der Waals surface area contributed by atoms with Gasteiger partial charge in [0.25, 0.3) is 0 Å². The smallest absolute Gasteiger partial charge is 0.0253 e. The summed E-state index contributed by atoms with van der Waals surface area (Å²) in [7, 11) is 0. The lowest BCUT2D eigenvalue weighted by Crippen LogP contribution is -2.63. The molecule has 0 aromatic heterocycles. The Hall–Kier alpha value is 0. The van der Waals surface area contributed by atoms with Crippen LogP contribution in [0.3, 0.4) is 0 Å². The van der Waals surface area contributed by atoms with Gasteiger partial charge < -0.3 is 0 Å². The van der Waals surface area contributed by atoms with Gasteiger partial charge in [-0.3, -0.25) is 0 Å². The van der Waals surface area contributed by atoms with Crippen molar-refractivity contribution in [3.05, 3.63) is 0 Å². The van der Waals surface area contributed by atoms with Gasteiger partial charge in [0.2, 0.25) is 0 Å². The Morgan fingerprint density at radius 2 is 1.80 bits per heavy atom. The topological polar surface area (TPSA) is 0 Å². The molecule has 4 aliphatic rings. The molecular formula is C15H26. The van der Waals surface area contributed by atoms with Crippen molar-refractivity contribution in [3.63, 3.8) is 0 Å². The van der Waals surface area contributed by atoms with Gasteiger partial charge in [0.1, 0.15) is 0 Å². The fourth-order valence-corrected chi connectivity index (χ4v) is 5.50. The summed E-state index contributed by atoms with van der Waals surface area (Å²) in [6, 6.07) is 0. The third-order valence-electron chi connectivity index (χ3n) is 6.61. The fourth-order valence-electron chi connectivity index (χ4n) is 5.50. The van der Waals surface area contributed by atoms with Crippen LogP contribution < -0.4 is 0 Å². The molecule has 0 amide bonds. The van der Waals surface area contributed by atoms with Crippen LogP contribution in [-0.4, -0.2) is 0 Å². The van der Waals surface area contributed by atoms with Crippen molar-refractivity contribution in [1.82, 2.24) is 0 Å². The van der Waals surface area contributed by atoms with Gasteiger partial charge in [-0.2, -0.15) is 0 Å². The number of fused-ring (bicyclic) bond motifs is 1. The van der Waals surface area contributed by atoms with E-state index in [1.54, 1.807) is 12.8 Å². The molecule has 0 aliphatic heterocycles. The largest absolute Gasteiger partial charge is 0.0649 e. The van der Waals surface area contributed by atoms with E-state index in [0.29, 0.717) is 10.8 Å². The van der Waals surface area contributed by atoms with Crippen LogP contribution in [0.15, 0.2) is 0 Å². The zero-order valence-corrected chi connectivity index (χ0v) is 10.9. The van der Waals surface area contributed by atoms with Gasteiger partial charge >= 0.3 is 0 Å². The molecule has 4 saturated carbocycles. The molecule has 0 heterocycles. The second-order valence-corrected chi connectivity index (χ2v) is 7.73. The summed E-state index contributed by atoms with van der Waals surface area (Å²) in [6.07, 6.45) is 9.12. The van der Waals surface area contributed by atoms with E-state index < -0.39 is 0 Å². The van der Waals surface area contributed by atoms with E-state index in [4.69, 9.17) is 0 Å². The molecule has 4 fully saturated rings. The number of rotatable bonds is 1. The molecule has 1 spiro atoms. The van der Waals surface area contributed by atoms with Gasteiger partial charge in [-0.1, -0.05) is 34.1 Å². The van der Waals surface area contributed by atoms with Gasteiger partial charge in [0.15, 0.2) is 0 Å². The van der Waals surface area contributed by atoms with Gasteiger partial charge in [0.05, 0.1) is 0 Å². The van der Waals surface area contributed by atoms with Crippen LogP contribution >= 0.6 is 0 Å². The summed E-state index contributed by atoms with van der Waals surface area (Å²) in [5, 5.41) is 0. The van der Waals surface area contributed by atoms with Gasteiger partial charge in [-0.25, -0.2) is 0 Å². The van der Waals surface area contributed by atoms with Crippen molar-refractivity contribution >= 4 is 0 Å². The number of hydrogen-bond acceptors (Lipinski definition) is 0. The third kappa shape index (κ3) is 1.09. The molecule has 2 unspecified atom stereocenters. The average molecular weight is 206 g/mol. The Morgan fingerprint density at radius 1 is 1.13 bits per heavy atom. The molecule has 0 heteroatoms. The normalized spacial score (nSPS) is 56.0. The molecule has 0 saturated heterocycles. The first kappa shape index (κ1) is 10.2. The summed E-state index contributed by atoms with van der Waals surface area (Å²) in [4.78, 5) is 0. The van der Waals surface area contributed by atoms with Crippen LogP contribution in [-0.2, 0) is 0 Å². The standard InChI is InChI=1S/C15H26/c1-5-14(4)9-15(10-14)7-6-11-8-12(15)13(11,2)3/h11-12H,5-10H2,1-4H3. The Kier molecular flexibility index (Phi) is 1.78. The maximum atomic E-state index is 2.54. The van der Waals surface area contributed by atoms with Crippen LogP contribution in [0.25, 0.3) is 0 Å². The fraction of sp³-hybridized carbons (Fsp3) is 1.00. The second-order valence-electron chi connectivity index (χ2n) is 7.73. The highest BCUT2D eigenvalue weighted by Gasteiger charge is 2.66. The summed E-state index contributed by atoms with van der Waals surface area (Å²) in [5.74, 6) is 2.14. The Balaban J connectivity index is 1.79. The van der Waals surface area contributed by atoms with E-state index in [1.807, 2.05) is 0 Å². The summed E-state index contributed by atoms with van der Waals surface area (Å²) in [6.45, 7) is 9.96. The molecule has 0 nitrogen and oxygen atoms in total. The van der Waals surface area contributed by atoms with E-state index in [-0.39, 0.29) is 0 Å². The first-order chi connectivity index (χ1) is 6.92. The summed E-state index contributed by atoms with van der Waals surface area (Å²) < 4.78 is 0. The molecule has 2 atom stereocenters. The monoisotopic (exact) mass is 206 g/mol. The predicted molar refractivity (Wildman–Crippen MR) is 64.7 cm³/mol. The quantitative estimate of drug-likeness (QED) is 0.586. The van der Waals surface area contributed by atoms with Crippen molar-refractivity contribution in [2.24, 2.45) is 28.1 Å². The molecule has 0 aromatic rings. The maximum absolute atomic E-state index is 2.54. The Labute approximate surface area is 94.8 Å². The molecule has 0 aromatic carbocycles. The minimum absolute atomic E-state index is 0.688. The molecule has 4 rings (SSSR count). The van der Waals surface area contributed by atoms with E-state index in [2.05, 4.69) is 27.7 Å².